The van der Waals surface area contributed by atoms with Crippen LogP contribution in [0.3, 0.4) is 0 Å². The Kier molecular flexibility index (Phi) is 3.34. The fourth-order valence-electron chi connectivity index (χ4n) is 2.67. The molecule has 2 aliphatic rings. The molecule has 0 aromatic heterocycles. The number of aliphatic hydroxyl groups excluding tert-OH is 1. The van der Waals surface area contributed by atoms with Crippen LogP contribution in [0, 0.1) is 5.82 Å². The third-order valence-corrected chi connectivity index (χ3v) is 3.61. The van der Waals surface area contributed by atoms with E-state index in [2.05, 4.69) is 10.6 Å². The number of rotatable bonds is 3. The standard InChI is InChI=1S/C14H14FN3O3/c15-9-4-2-1-3-8(9)12-11-10(16-14(21)17-12)7-18(5-6-19)13(11)20/h1-4,12,19H,5-7H2,(H2,16,17,21)/t12-/m1/s1. The third-order valence-electron chi connectivity index (χ3n) is 3.61. The van der Waals surface area contributed by atoms with Crippen molar-refractivity contribution in [2.75, 3.05) is 19.7 Å². The van der Waals surface area contributed by atoms with Crippen molar-refractivity contribution in [1.29, 1.82) is 0 Å². The topological polar surface area (TPSA) is 81.7 Å². The van der Waals surface area contributed by atoms with Crippen LogP contribution in [0.15, 0.2) is 35.5 Å². The van der Waals surface area contributed by atoms with Crippen molar-refractivity contribution in [3.8, 4) is 0 Å². The van der Waals surface area contributed by atoms with Gasteiger partial charge in [0.15, 0.2) is 0 Å². The molecule has 0 spiro atoms. The number of nitrogens with zero attached hydrogens (tertiary/aromatic N) is 1. The van der Waals surface area contributed by atoms with E-state index in [4.69, 9.17) is 5.11 Å². The largest absolute Gasteiger partial charge is 0.395 e. The van der Waals surface area contributed by atoms with Crippen molar-refractivity contribution in [3.63, 3.8) is 0 Å². The predicted molar refractivity (Wildman–Crippen MR) is 71.5 cm³/mol. The summed E-state index contributed by atoms with van der Waals surface area (Å²) in [5.74, 6) is -0.787. The number of hydrogen-bond acceptors (Lipinski definition) is 3. The van der Waals surface area contributed by atoms with Crippen molar-refractivity contribution in [2.45, 2.75) is 6.04 Å². The Hall–Kier alpha value is -2.41. The minimum Gasteiger partial charge on any atom is -0.395 e. The first-order valence-electron chi connectivity index (χ1n) is 6.57. The highest BCUT2D eigenvalue weighted by molar-refractivity contribution is 6.01. The van der Waals surface area contributed by atoms with Gasteiger partial charge in [0.2, 0.25) is 0 Å². The lowest BCUT2D eigenvalue weighted by Crippen LogP contribution is -2.44. The molecule has 21 heavy (non-hydrogen) atoms. The summed E-state index contributed by atoms with van der Waals surface area (Å²) in [6.45, 7) is 0.219. The van der Waals surface area contributed by atoms with Crippen LogP contribution in [-0.2, 0) is 4.79 Å². The van der Waals surface area contributed by atoms with Crippen LogP contribution in [0.1, 0.15) is 11.6 Å². The average molecular weight is 291 g/mol. The maximum Gasteiger partial charge on any atom is 0.319 e. The Morgan fingerprint density at radius 3 is 2.81 bits per heavy atom. The Morgan fingerprint density at radius 2 is 2.10 bits per heavy atom. The highest BCUT2D eigenvalue weighted by Gasteiger charge is 2.40. The summed E-state index contributed by atoms with van der Waals surface area (Å²) in [5, 5.41) is 14.1. The van der Waals surface area contributed by atoms with Gasteiger partial charge in [0.1, 0.15) is 5.82 Å². The Labute approximate surface area is 120 Å². The number of hydrogen-bond donors (Lipinski definition) is 3. The van der Waals surface area contributed by atoms with E-state index in [1.807, 2.05) is 0 Å². The molecule has 1 aromatic rings. The van der Waals surface area contributed by atoms with Crippen LogP contribution in [0.4, 0.5) is 9.18 Å². The second-order valence-electron chi connectivity index (χ2n) is 4.90. The molecule has 2 aliphatic heterocycles. The monoisotopic (exact) mass is 291 g/mol. The van der Waals surface area contributed by atoms with Gasteiger partial charge >= 0.3 is 6.03 Å². The lowest BCUT2D eigenvalue weighted by Gasteiger charge is -2.25. The lowest BCUT2D eigenvalue weighted by atomic mass is 9.96. The van der Waals surface area contributed by atoms with Crippen molar-refractivity contribution in [3.05, 3.63) is 46.9 Å². The first-order chi connectivity index (χ1) is 10.1. The van der Waals surface area contributed by atoms with Gasteiger partial charge < -0.3 is 20.6 Å². The summed E-state index contributed by atoms with van der Waals surface area (Å²) in [5.41, 5.74) is 1.04. The second-order valence-corrected chi connectivity index (χ2v) is 4.90. The van der Waals surface area contributed by atoms with Gasteiger partial charge in [-0.25, -0.2) is 9.18 Å². The molecule has 0 saturated heterocycles. The van der Waals surface area contributed by atoms with E-state index in [-0.39, 0.29) is 31.2 Å². The van der Waals surface area contributed by atoms with E-state index in [1.54, 1.807) is 12.1 Å². The van der Waals surface area contributed by atoms with Crippen molar-refractivity contribution < 1.29 is 19.1 Å². The lowest BCUT2D eigenvalue weighted by molar-refractivity contribution is -0.126. The summed E-state index contributed by atoms with van der Waals surface area (Å²) in [4.78, 5) is 25.5. The Bertz CT molecular complexity index is 644. The van der Waals surface area contributed by atoms with Gasteiger partial charge in [-0.15, -0.1) is 0 Å². The molecule has 0 unspecified atom stereocenters. The number of halogens is 1. The van der Waals surface area contributed by atoms with E-state index in [0.717, 1.165) is 0 Å². The first kappa shape index (κ1) is 13.6. The molecule has 3 N–H and O–H groups in total. The Morgan fingerprint density at radius 1 is 1.33 bits per heavy atom. The van der Waals surface area contributed by atoms with E-state index in [0.29, 0.717) is 11.3 Å². The molecule has 0 bridgehead atoms. The normalized spacial score (nSPS) is 21.2. The van der Waals surface area contributed by atoms with E-state index < -0.39 is 17.9 Å². The van der Waals surface area contributed by atoms with Gasteiger partial charge in [-0.1, -0.05) is 18.2 Å². The molecule has 2 heterocycles. The summed E-state index contributed by atoms with van der Waals surface area (Å²) in [6.07, 6.45) is 0. The van der Waals surface area contributed by atoms with Crippen LogP contribution in [0.2, 0.25) is 0 Å². The van der Waals surface area contributed by atoms with Gasteiger partial charge in [-0.2, -0.15) is 0 Å². The van der Waals surface area contributed by atoms with Crippen LogP contribution >= 0.6 is 0 Å². The van der Waals surface area contributed by atoms with Crippen LogP contribution in [0.5, 0.6) is 0 Å². The number of β-amino-alcohol motifs (C(OH)–C–C–N with tert-alkyl or cyclic N) is 1. The van der Waals surface area contributed by atoms with Crippen LogP contribution in [0.25, 0.3) is 0 Å². The maximum absolute atomic E-state index is 14.0. The SMILES string of the molecule is O=C1NC2=C(C(=O)N(CCO)C2)[C@@H](c2ccccc2F)N1. The first-order valence-corrected chi connectivity index (χ1v) is 6.57. The fourth-order valence-corrected chi connectivity index (χ4v) is 2.67. The Balaban J connectivity index is 2.01. The fraction of sp³-hybridized carbons (Fsp3) is 0.286. The van der Waals surface area contributed by atoms with Gasteiger partial charge in [0.25, 0.3) is 5.91 Å². The molecule has 7 heteroatoms. The van der Waals surface area contributed by atoms with Gasteiger partial charge in [-0.05, 0) is 6.07 Å². The molecule has 1 atom stereocenters. The minimum atomic E-state index is -0.814. The van der Waals surface area contributed by atoms with Crippen LogP contribution < -0.4 is 10.6 Å². The molecule has 1 aromatic carbocycles. The van der Waals surface area contributed by atoms with E-state index >= 15 is 0 Å². The summed E-state index contributed by atoms with van der Waals surface area (Å²) >= 11 is 0. The number of benzene rings is 1. The second kappa shape index (κ2) is 5.17. The molecule has 0 fully saturated rings. The van der Waals surface area contributed by atoms with Crippen molar-refractivity contribution >= 4 is 11.9 Å². The summed E-state index contributed by atoms with van der Waals surface area (Å²) in [6, 6.07) is 4.74. The highest BCUT2D eigenvalue weighted by atomic mass is 19.1. The molecule has 3 amide bonds. The van der Waals surface area contributed by atoms with Crippen molar-refractivity contribution in [1.82, 2.24) is 15.5 Å². The average Bonchev–Trinajstić information content (AvgIpc) is 2.75. The molecular formula is C14H14FN3O3. The van der Waals surface area contributed by atoms with E-state index in [1.165, 1.54) is 17.0 Å². The molecular weight excluding hydrogens is 277 g/mol. The number of urea groups is 1. The predicted octanol–water partition coefficient (Wildman–Crippen LogP) is 0.268. The minimum absolute atomic E-state index is 0.169. The van der Waals surface area contributed by atoms with E-state index in [9.17, 15) is 14.0 Å². The van der Waals surface area contributed by atoms with Crippen molar-refractivity contribution in [2.24, 2.45) is 0 Å². The number of carbonyl (C=O) groups is 2. The molecule has 0 aliphatic carbocycles. The van der Waals surface area contributed by atoms with Gasteiger partial charge in [0, 0.05) is 12.1 Å². The zero-order valence-corrected chi connectivity index (χ0v) is 11.1. The third kappa shape index (κ3) is 2.25. The van der Waals surface area contributed by atoms with Gasteiger partial charge in [-0.3, -0.25) is 4.79 Å². The zero-order valence-electron chi connectivity index (χ0n) is 11.1. The number of nitrogens with one attached hydrogen (secondary N) is 2. The van der Waals surface area contributed by atoms with Gasteiger partial charge in [0.05, 0.1) is 30.5 Å². The molecule has 3 rings (SSSR count). The maximum atomic E-state index is 14.0. The van der Waals surface area contributed by atoms with Crippen LogP contribution in [-0.4, -0.2) is 41.6 Å². The molecule has 6 nitrogen and oxygen atoms in total. The number of aliphatic hydroxyl groups is 1. The zero-order chi connectivity index (χ0) is 15.0. The smallest absolute Gasteiger partial charge is 0.319 e. The molecule has 110 valence electrons. The number of carbonyl (C=O) groups excluding carboxylic acids is 2. The number of amides is 3. The molecule has 0 radical (unpaired) electrons. The summed E-state index contributed by atoms with van der Waals surface area (Å²) in [7, 11) is 0. The quantitative estimate of drug-likeness (QED) is 0.747. The highest BCUT2D eigenvalue weighted by Crippen LogP contribution is 2.33. The summed E-state index contributed by atoms with van der Waals surface area (Å²) < 4.78 is 14.0. The molecule has 0 saturated carbocycles.